The first kappa shape index (κ1) is 22.2. The zero-order valence-electron chi connectivity index (χ0n) is 16.6. The molecule has 1 N–H and O–H groups in total. The highest BCUT2D eigenvalue weighted by Gasteiger charge is 2.36. The van der Waals surface area contributed by atoms with E-state index >= 15 is 0 Å². The molecule has 10 nitrogen and oxygen atoms in total. The summed E-state index contributed by atoms with van der Waals surface area (Å²) in [4.78, 5) is 20.8. The third-order valence-electron chi connectivity index (χ3n) is 4.16. The molecule has 0 spiro atoms. The van der Waals surface area contributed by atoms with Crippen LogP contribution in [-0.4, -0.2) is 53.7 Å². The smallest absolute Gasteiger partial charge is 0.306 e. The molecule has 0 radical (unpaired) electrons. The number of nitrogens with one attached hydrogen (secondary N) is 1. The van der Waals surface area contributed by atoms with Gasteiger partial charge in [-0.05, 0) is 63.6 Å². The number of methoxy groups -OCH3 is 1. The molecule has 0 fully saturated rings. The molecule has 3 heterocycles. The average Bonchev–Trinajstić information content (AvgIpc) is 3.17. The van der Waals surface area contributed by atoms with Crippen molar-refractivity contribution in [1.29, 1.82) is 5.41 Å². The number of hydrogen-bond acceptors (Lipinski definition) is 9. The van der Waals surface area contributed by atoms with Crippen molar-refractivity contribution in [3.63, 3.8) is 0 Å². The minimum Gasteiger partial charge on any atom is -0.493 e. The molecule has 0 atom stereocenters. The topological polar surface area (TPSA) is 134 Å². The summed E-state index contributed by atoms with van der Waals surface area (Å²) < 4.78 is 33.5. The highest BCUT2D eigenvalue weighted by atomic mass is 79.9. The van der Waals surface area contributed by atoms with Gasteiger partial charge in [0.25, 0.3) is 5.91 Å². The maximum absolute atomic E-state index is 12.6. The van der Waals surface area contributed by atoms with E-state index < -0.39 is 16.0 Å². The number of carbonyl (C=O) groups is 1. The Hall–Kier alpha value is -3.03. The van der Waals surface area contributed by atoms with Crippen molar-refractivity contribution in [1.82, 2.24) is 9.99 Å². The first-order valence-electron chi connectivity index (χ1n) is 8.84. The molecular formula is C19H14BrN5O5S2. The standard InChI is InChI=1S/C19H14BrN5O5S2/c1-29-14-8-10(7-13(20)15(14)30-32(2,27)28)6-12-16(21)25-19(23-17(12)26)31-18(24-25)11-4-3-5-22-9-11/h3-9,21H,1-2H3/b12-6+,21-16?. The Balaban J connectivity index is 1.70. The second-order valence-corrected chi connectivity index (χ2v) is 9.87. The summed E-state index contributed by atoms with van der Waals surface area (Å²) in [7, 11) is -2.43. The molecule has 32 heavy (non-hydrogen) atoms. The van der Waals surface area contributed by atoms with Crippen LogP contribution in [0.25, 0.3) is 6.08 Å². The van der Waals surface area contributed by atoms with E-state index in [0.717, 1.165) is 11.8 Å². The summed E-state index contributed by atoms with van der Waals surface area (Å²) in [5, 5.41) is 15.0. The fourth-order valence-electron chi connectivity index (χ4n) is 2.82. The summed E-state index contributed by atoms with van der Waals surface area (Å²) in [6, 6.07) is 6.62. The summed E-state index contributed by atoms with van der Waals surface area (Å²) in [6.45, 7) is 0. The Bertz CT molecular complexity index is 1340. The van der Waals surface area contributed by atoms with Crippen LogP contribution in [0.4, 0.5) is 0 Å². The van der Waals surface area contributed by atoms with E-state index in [2.05, 4.69) is 31.0 Å². The van der Waals surface area contributed by atoms with Crippen LogP contribution in [0.15, 0.2) is 56.8 Å². The van der Waals surface area contributed by atoms with Crippen LogP contribution in [0, 0.1) is 5.41 Å². The zero-order chi connectivity index (χ0) is 23.0. The number of aromatic nitrogens is 1. The number of benzene rings is 1. The van der Waals surface area contributed by atoms with E-state index in [1.165, 1.54) is 36.0 Å². The van der Waals surface area contributed by atoms with Gasteiger partial charge in [0.1, 0.15) is 5.04 Å². The quantitative estimate of drug-likeness (QED) is 0.456. The maximum Gasteiger partial charge on any atom is 0.306 e. The number of amidine groups is 2. The molecule has 164 valence electrons. The van der Waals surface area contributed by atoms with Gasteiger partial charge in [0.05, 0.1) is 23.4 Å². The van der Waals surface area contributed by atoms with E-state index in [1.807, 2.05) is 6.07 Å². The fraction of sp³-hybridized carbons (Fsp3) is 0.105. The lowest BCUT2D eigenvalue weighted by Gasteiger charge is -2.20. The van der Waals surface area contributed by atoms with Crippen LogP contribution in [0.2, 0.25) is 0 Å². The van der Waals surface area contributed by atoms with Gasteiger partial charge >= 0.3 is 10.1 Å². The van der Waals surface area contributed by atoms with Crippen molar-refractivity contribution in [2.24, 2.45) is 10.1 Å². The van der Waals surface area contributed by atoms with E-state index in [0.29, 0.717) is 15.1 Å². The molecule has 4 rings (SSSR count). The number of carbonyl (C=O) groups excluding carboxylic acids is 1. The molecule has 1 aromatic carbocycles. The van der Waals surface area contributed by atoms with Crippen molar-refractivity contribution >= 4 is 65.8 Å². The molecule has 1 amide bonds. The maximum atomic E-state index is 12.6. The normalized spacial score (nSPS) is 17.2. The number of amides is 1. The number of rotatable bonds is 5. The van der Waals surface area contributed by atoms with Gasteiger partial charge in [-0.2, -0.15) is 23.5 Å². The Morgan fingerprint density at radius 2 is 2.09 bits per heavy atom. The SMILES string of the molecule is COc1cc(/C=C2\C(=N)N3N=C(c4cccnc4)SC3=NC2=O)cc(Br)c1OS(C)(=O)=O. The number of halogens is 1. The number of aliphatic imine (C=N–C) groups is 1. The predicted octanol–water partition coefficient (Wildman–Crippen LogP) is 2.86. The third kappa shape index (κ3) is 4.45. The lowest BCUT2D eigenvalue weighted by molar-refractivity contribution is -0.114. The summed E-state index contributed by atoms with van der Waals surface area (Å²) >= 11 is 4.43. The number of nitrogens with zero attached hydrogens (tertiary/aromatic N) is 4. The van der Waals surface area contributed by atoms with Gasteiger partial charge in [0.15, 0.2) is 17.3 Å². The summed E-state index contributed by atoms with van der Waals surface area (Å²) in [5.41, 5.74) is 1.22. The van der Waals surface area contributed by atoms with Crippen molar-refractivity contribution in [3.8, 4) is 11.5 Å². The third-order valence-corrected chi connectivity index (χ3v) is 6.18. The molecule has 2 aliphatic rings. The molecule has 2 aliphatic heterocycles. The highest BCUT2D eigenvalue weighted by Crippen LogP contribution is 2.38. The van der Waals surface area contributed by atoms with E-state index in [1.54, 1.807) is 24.5 Å². The van der Waals surface area contributed by atoms with Gasteiger partial charge in [-0.1, -0.05) is 0 Å². The average molecular weight is 536 g/mol. The van der Waals surface area contributed by atoms with Crippen LogP contribution in [0.1, 0.15) is 11.1 Å². The monoisotopic (exact) mass is 535 g/mol. The van der Waals surface area contributed by atoms with Gasteiger partial charge in [-0.3, -0.25) is 15.2 Å². The van der Waals surface area contributed by atoms with Crippen molar-refractivity contribution in [2.75, 3.05) is 13.4 Å². The van der Waals surface area contributed by atoms with Crippen LogP contribution in [0.3, 0.4) is 0 Å². The van der Waals surface area contributed by atoms with E-state index in [9.17, 15) is 13.2 Å². The molecule has 0 unspecified atom stereocenters. The second-order valence-electron chi connectivity index (χ2n) is 6.49. The molecule has 0 saturated heterocycles. The minimum absolute atomic E-state index is 0.0104. The van der Waals surface area contributed by atoms with Crippen LogP contribution in [0.5, 0.6) is 11.5 Å². The van der Waals surface area contributed by atoms with Gasteiger partial charge in [0.2, 0.25) is 5.17 Å². The second kappa shape index (κ2) is 8.48. The van der Waals surface area contributed by atoms with Crippen LogP contribution < -0.4 is 8.92 Å². The van der Waals surface area contributed by atoms with Crippen LogP contribution >= 0.6 is 27.7 Å². The first-order chi connectivity index (χ1) is 15.2. The van der Waals surface area contributed by atoms with Crippen molar-refractivity contribution < 1.29 is 22.1 Å². The fourth-order valence-corrected chi connectivity index (χ4v) is 4.82. The summed E-state index contributed by atoms with van der Waals surface area (Å²) in [6.07, 6.45) is 5.64. The van der Waals surface area contributed by atoms with Crippen LogP contribution in [-0.2, 0) is 14.9 Å². The molecular weight excluding hydrogens is 522 g/mol. The van der Waals surface area contributed by atoms with E-state index in [4.69, 9.17) is 14.3 Å². The zero-order valence-corrected chi connectivity index (χ0v) is 19.8. The molecule has 0 saturated carbocycles. The molecule has 0 aliphatic carbocycles. The molecule has 2 aromatic rings. The van der Waals surface area contributed by atoms with Gasteiger partial charge in [-0.25, -0.2) is 0 Å². The van der Waals surface area contributed by atoms with Crippen molar-refractivity contribution in [3.05, 3.63) is 57.8 Å². The number of pyridine rings is 1. The largest absolute Gasteiger partial charge is 0.493 e. The van der Waals surface area contributed by atoms with Gasteiger partial charge in [0, 0.05) is 18.0 Å². The molecule has 0 bridgehead atoms. The number of ether oxygens (including phenoxy) is 1. The number of hydrogen-bond donors (Lipinski definition) is 1. The minimum atomic E-state index is -3.79. The molecule has 1 aromatic heterocycles. The lowest BCUT2D eigenvalue weighted by Crippen LogP contribution is -2.35. The number of thioether (sulfide) groups is 1. The van der Waals surface area contributed by atoms with Gasteiger partial charge in [-0.15, -0.1) is 0 Å². The van der Waals surface area contributed by atoms with Gasteiger partial charge < -0.3 is 8.92 Å². The van der Waals surface area contributed by atoms with E-state index in [-0.39, 0.29) is 28.1 Å². The highest BCUT2D eigenvalue weighted by molar-refractivity contribution is 9.10. The lowest BCUT2D eigenvalue weighted by atomic mass is 10.1. The number of fused-ring (bicyclic) bond motifs is 1. The Morgan fingerprint density at radius 3 is 2.75 bits per heavy atom. The Labute approximate surface area is 195 Å². The molecule has 13 heteroatoms. The Kier molecular flexibility index (Phi) is 5.88. The Morgan fingerprint density at radius 1 is 1.31 bits per heavy atom. The summed E-state index contributed by atoms with van der Waals surface area (Å²) in [5.74, 6) is -0.630. The number of hydrazone groups is 1. The predicted molar refractivity (Wildman–Crippen MR) is 125 cm³/mol. The first-order valence-corrected chi connectivity index (χ1v) is 12.3. The van der Waals surface area contributed by atoms with Crippen molar-refractivity contribution in [2.45, 2.75) is 0 Å².